The van der Waals surface area contributed by atoms with Crippen molar-refractivity contribution in [3.63, 3.8) is 0 Å². The van der Waals surface area contributed by atoms with Gasteiger partial charge in [-0.25, -0.2) is 0 Å². The Kier molecular flexibility index (Phi) is 1.83. The third-order valence-electron chi connectivity index (χ3n) is 2.75. The molecule has 15 heavy (non-hydrogen) atoms. The second-order valence-corrected chi connectivity index (χ2v) is 4.83. The Morgan fingerprint density at radius 3 is 3.13 bits per heavy atom. The van der Waals surface area contributed by atoms with Crippen LogP contribution in [0.2, 0.25) is 0 Å². The van der Waals surface area contributed by atoms with Crippen LogP contribution in [0, 0.1) is 6.92 Å². The van der Waals surface area contributed by atoms with Crippen LogP contribution in [0.25, 0.3) is 5.57 Å². The lowest BCUT2D eigenvalue weighted by molar-refractivity contribution is 0.475. The maximum atomic E-state index is 9.61. The summed E-state index contributed by atoms with van der Waals surface area (Å²) in [7, 11) is 0. The molecule has 2 N–H and O–H groups in total. The number of nitrogens with one attached hydrogen (secondary N) is 1. The normalized spacial score (nSPS) is 17.4. The Bertz CT molecular complexity index is 503. The first-order valence-electron chi connectivity index (χ1n) is 4.90. The van der Waals surface area contributed by atoms with Crippen molar-refractivity contribution >= 4 is 23.0 Å². The molecule has 3 rings (SSSR count). The lowest BCUT2D eigenvalue weighted by Gasteiger charge is -2.20. The van der Waals surface area contributed by atoms with Crippen molar-refractivity contribution in [3.8, 4) is 5.75 Å². The van der Waals surface area contributed by atoms with Crippen LogP contribution in [0.15, 0.2) is 29.3 Å². The first-order chi connectivity index (χ1) is 7.25. The Balaban J connectivity index is 2.26. The van der Waals surface area contributed by atoms with Crippen molar-refractivity contribution in [2.45, 2.75) is 6.92 Å². The van der Waals surface area contributed by atoms with E-state index in [0.717, 1.165) is 22.6 Å². The van der Waals surface area contributed by atoms with E-state index in [2.05, 4.69) is 17.6 Å². The monoisotopic (exact) mass is 217 g/mol. The van der Waals surface area contributed by atoms with Crippen LogP contribution in [0.4, 0.5) is 5.69 Å². The minimum atomic E-state index is 0.340. The smallest absolute Gasteiger partial charge is 0.116 e. The molecule has 76 valence electrons. The molecule has 0 atom stereocenters. The van der Waals surface area contributed by atoms with Crippen molar-refractivity contribution in [3.05, 3.63) is 40.4 Å². The average molecular weight is 217 g/mol. The van der Waals surface area contributed by atoms with Crippen LogP contribution in [0.3, 0.4) is 0 Å². The molecule has 1 aromatic rings. The minimum absolute atomic E-state index is 0.340. The molecule has 2 aliphatic heterocycles. The lowest BCUT2D eigenvalue weighted by Crippen LogP contribution is -2.03. The van der Waals surface area contributed by atoms with Gasteiger partial charge in [-0.15, -0.1) is 11.8 Å². The maximum absolute atomic E-state index is 9.61. The standard InChI is InChI=1S/C12H11NOS/c1-7-4-8(14)5-10-9-2-3-15-11(9)6-13-12(7)10/h2,4-6,13-14H,3H2,1H3. The van der Waals surface area contributed by atoms with Crippen LogP contribution >= 0.6 is 11.8 Å². The number of hydrogen-bond acceptors (Lipinski definition) is 3. The largest absolute Gasteiger partial charge is 0.508 e. The van der Waals surface area contributed by atoms with E-state index in [4.69, 9.17) is 0 Å². The topological polar surface area (TPSA) is 32.3 Å². The molecule has 0 radical (unpaired) electrons. The SMILES string of the molecule is Cc1cc(O)cc2c1NC=C1SCC=C12. The molecular weight excluding hydrogens is 206 g/mol. The summed E-state index contributed by atoms with van der Waals surface area (Å²) in [5.41, 5.74) is 4.58. The Labute approximate surface area is 92.7 Å². The van der Waals surface area contributed by atoms with Crippen molar-refractivity contribution in [2.24, 2.45) is 0 Å². The number of rotatable bonds is 0. The third kappa shape index (κ3) is 1.27. The van der Waals surface area contributed by atoms with E-state index in [1.54, 1.807) is 6.07 Å². The summed E-state index contributed by atoms with van der Waals surface area (Å²) in [6.45, 7) is 2.01. The van der Waals surface area contributed by atoms with Crippen LogP contribution in [-0.2, 0) is 0 Å². The highest BCUT2D eigenvalue weighted by Gasteiger charge is 2.22. The molecule has 0 saturated heterocycles. The summed E-state index contributed by atoms with van der Waals surface area (Å²) in [5, 5.41) is 12.9. The highest BCUT2D eigenvalue weighted by atomic mass is 32.2. The number of benzene rings is 1. The van der Waals surface area contributed by atoms with Gasteiger partial charge in [-0.1, -0.05) is 6.08 Å². The first kappa shape index (κ1) is 8.92. The molecule has 0 bridgehead atoms. The molecule has 3 heteroatoms. The van der Waals surface area contributed by atoms with E-state index < -0.39 is 0 Å². The van der Waals surface area contributed by atoms with Gasteiger partial charge < -0.3 is 10.4 Å². The van der Waals surface area contributed by atoms with Crippen LogP contribution < -0.4 is 5.32 Å². The molecule has 1 aromatic carbocycles. The van der Waals surface area contributed by atoms with E-state index in [1.807, 2.05) is 24.8 Å². The van der Waals surface area contributed by atoms with Gasteiger partial charge in [0.15, 0.2) is 0 Å². The molecule has 2 heterocycles. The Morgan fingerprint density at radius 1 is 1.40 bits per heavy atom. The van der Waals surface area contributed by atoms with Crippen LogP contribution in [0.1, 0.15) is 11.1 Å². The second kappa shape index (κ2) is 3.07. The molecular formula is C12H11NOS. The lowest BCUT2D eigenvalue weighted by atomic mass is 9.97. The molecule has 2 nitrogen and oxygen atoms in total. The number of thioether (sulfide) groups is 1. The van der Waals surface area contributed by atoms with Crippen molar-refractivity contribution in [1.82, 2.24) is 0 Å². The van der Waals surface area contributed by atoms with Gasteiger partial charge >= 0.3 is 0 Å². The quantitative estimate of drug-likeness (QED) is 0.655. The average Bonchev–Trinajstić information content (AvgIpc) is 2.65. The maximum Gasteiger partial charge on any atom is 0.116 e. The minimum Gasteiger partial charge on any atom is -0.508 e. The highest BCUT2D eigenvalue weighted by molar-refractivity contribution is 8.04. The first-order valence-corrected chi connectivity index (χ1v) is 5.88. The molecule has 0 fully saturated rings. The van der Waals surface area contributed by atoms with Gasteiger partial charge in [0.05, 0.1) is 0 Å². The summed E-state index contributed by atoms with van der Waals surface area (Å²) < 4.78 is 0. The zero-order valence-corrected chi connectivity index (χ0v) is 9.19. The molecule has 0 amide bonds. The highest BCUT2D eigenvalue weighted by Crippen LogP contribution is 2.45. The number of fused-ring (bicyclic) bond motifs is 3. The summed E-state index contributed by atoms with van der Waals surface area (Å²) in [6, 6.07) is 3.62. The molecule has 0 aliphatic carbocycles. The molecule has 2 aliphatic rings. The number of hydrogen-bond donors (Lipinski definition) is 2. The van der Waals surface area contributed by atoms with Gasteiger partial charge in [0.1, 0.15) is 5.75 Å². The van der Waals surface area contributed by atoms with Crippen molar-refractivity contribution in [2.75, 3.05) is 11.1 Å². The number of anilines is 1. The number of aryl methyl sites for hydroxylation is 1. The fourth-order valence-electron chi connectivity index (χ4n) is 2.07. The van der Waals surface area contributed by atoms with Gasteiger partial charge in [0.2, 0.25) is 0 Å². The third-order valence-corrected chi connectivity index (χ3v) is 3.73. The van der Waals surface area contributed by atoms with E-state index in [0.29, 0.717) is 5.75 Å². The molecule has 0 saturated carbocycles. The summed E-state index contributed by atoms with van der Waals surface area (Å²) in [5.74, 6) is 1.36. The second-order valence-electron chi connectivity index (χ2n) is 3.77. The zero-order valence-electron chi connectivity index (χ0n) is 8.37. The number of aromatic hydroxyl groups is 1. The van der Waals surface area contributed by atoms with E-state index in [1.165, 1.54) is 10.5 Å². The molecule has 0 aromatic heterocycles. The van der Waals surface area contributed by atoms with Gasteiger partial charge in [-0.2, -0.15) is 0 Å². The summed E-state index contributed by atoms with van der Waals surface area (Å²) in [4.78, 5) is 1.27. The number of phenols is 1. The van der Waals surface area contributed by atoms with Crippen LogP contribution in [0.5, 0.6) is 5.75 Å². The van der Waals surface area contributed by atoms with Crippen molar-refractivity contribution in [1.29, 1.82) is 0 Å². The fourth-order valence-corrected chi connectivity index (χ4v) is 2.99. The Hall–Kier alpha value is -1.35. The molecule has 0 spiro atoms. The number of phenolic OH excluding ortho intramolecular Hbond substituents is 1. The van der Waals surface area contributed by atoms with E-state index >= 15 is 0 Å². The van der Waals surface area contributed by atoms with Gasteiger partial charge in [-0.3, -0.25) is 0 Å². The van der Waals surface area contributed by atoms with Gasteiger partial charge in [0.25, 0.3) is 0 Å². The van der Waals surface area contributed by atoms with Gasteiger partial charge in [-0.05, 0) is 30.2 Å². The predicted molar refractivity (Wildman–Crippen MR) is 65.0 cm³/mol. The number of allylic oxidation sites excluding steroid dienone is 1. The van der Waals surface area contributed by atoms with E-state index in [-0.39, 0.29) is 0 Å². The summed E-state index contributed by atoms with van der Waals surface area (Å²) in [6.07, 6.45) is 4.27. The van der Waals surface area contributed by atoms with E-state index in [9.17, 15) is 5.11 Å². The Morgan fingerprint density at radius 2 is 2.27 bits per heavy atom. The predicted octanol–water partition coefficient (Wildman–Crippen LogP) is 3.10. The zero-order chi connectivity index (χ0) is 10.4. The van der Waals surface area contributed by atoms with Crippen LogP contribution in [-0.4, -0.2) is 10.9 Å². The molecule has 0 unspecified atom stereocenters. The van der Waals surface area contributed by atoms with Gasteiger partial charge in [0, 0.05) is 28.1 Å². The summed E-state index contributed by atoms with van der Waals surface area (Å²) >= 11 is 1.83. The van der Waals surface area contributed by atoms with Crippen molar-refractivity contribution < 1.29 is 5.11 Å². The fraction of sp³-hybridized carbons (Fsp3) is 0.167.